The van der Waals surface area contributed by atoms with E-state index in [2.05, 4.69) is 11.9 Å². The third-order valence-corrected chi connectivity index (χ3v) is 7.99. The predicted octanol–water partition coefficient (Wildman–Crippen LogP) is 9.19. The Kier molecular flexibility index (Phi) is 10.8. The van der Waals surface area contributed by atoms with Gasteiger partial charge in [-0.2, -0.15) is 13.2 Å². The number of carbonyl (C=O) groups excluding carboxylic acids is 2. The van der Waals surface area contributed by atoms with Crippen LogP contribution in [0.3, 0.4) is 0 Å². The molecule has 10 heteroatoms. The van der Waals surface area contributed by atoms with E-state index in [9.17, 15) is 31.5 Å². The number of allylic oxidation sites excluding steroid dienone is 5. The Morgan fingerprint density at radius 3 is 2.51 bits per heavy atom. The molecule has 230 valence electrons. The van der Waals surface area contributed by atoms with Gasteiger partial charge in [0.15, 0.2) is 11.6 Å². The average Bonchev–Trinajstić information content (AvgIpc) is 2.95. The maximum Gasteiger partial charge on any atom is 0.416 e. The summed E-state index contributed by atoms with van der Waals surface area (Å²) in [6.07, 6.45) is 1.84. The third kappa shape index (κ3) is 7.63. The minimum Gasteiger partial charge on any atom is -0.333 e. The first-order valence-electron chi connectivity index (χ1n) is 13.8. The zero-order valence-corrected chi connectivity index (χ0v) is 25.2. The van der Waals surface area contributed by atoms with Crippen LogP contribution in [0.25, 0.3) is 5.57 Å². The summed E-state index contributed by atoms with van der Waals surface area (Å²) >= 11 is 6.10. The molecule has 3 rings (SSSR count). The van der Waals surface area contributed by atoms with Crippen LogP contribution in [0.4, 0.5) is 27.6 Å². The molecule has 2 amide bonds. The van der Waals surface area contributed by atoms with E-state index in [4.69, 9.17) is 11.6 Å². The van der Waals surface area contributed by atoms with Gasteiger partial charge < -0.3 is 10.2 Å². The van der Waals surface area contributed by atoms with Gasteiger partial charge in [0.1, 0.15) is 5.57 Å². The summed E-state index contributed by atoms with van der Waals surface area (Å²) in [4.78, 5) is 28.9. The molecule has 0 fully saturated rings. The Labute approximate surface area is 253 Å². The monoisotopic (exact) mass is 620 g/mol. The first-order chi connectivity index (χ1) is 20.2. The van der Waals surface area contributed by atoms with E-state index in [1.165, 1.54) is 35.3 Å². The second-order valence-corrected chi connectivity index (χ2v) is 11.2. The molecule has 0 spiro atoms. The molecule has 0 aliphatic carbocycles. The van der Waals surface area contributed by atoms with Crippen LogP contribution >= 0.6 is 11.6 Å². The highest BCUT2D eigenvalue weighted by molar-refractivity contribution is 6.32. The van der Waals surface area contributed by atoms with E-state index >= 15 is 0 Å². The van der Waals surface area contributed by atoms with Crippen LogP contribution in [-0.2, 0) is 22.3 Å². The summed E-state index contributed by atoms with van der Waals surface area (Å²) in [7, 11) is 0. The number of hydrogen-bond donors (Lipinski definition) is 1. The molecule has 2 aromatic carbocycles. The van der Waals surface area contributed by atoms with Crippen LogP contribution in [0.2, 0.25) is 0 Å². The molecule has 0 aromatic heterocycles. The maximum absolute atomic E-state index is 14.6. The molecule has 4 nitrogen and oxygen atoms in total. The van der Waals surface area contributed by atoms with Crippen molar-refractivity contribution in [3.63, 3.8) is 0 Å². The third-order valence-electron chi connectivity index (χ3n) is 7.73. The number of amides is 2. The fourth-order valence-electron chi connectivity index (χ4n) is 5.11. The molecule has 0 bridgehead atoms. The van der Waals surface area contributed by atoms with E-state index in [0.29, 0.717) is 12.0 Å². The van der Waals surface area contributed by atoms with Gasteiger partial charge in [-0.05, 0) is 61.8 Å². The molecule has 0 saturated heterocycles. The van der Waals surface area contributed by atoms with Crippen molar-refractivity contribution in [2.24, 2.45) is 5.41 Å². The second-order valence-electron chi connectivity index (χ2n) is 10.7. The second kappa shape index (κ2) is 13.7. The van der Waals surface area contributed by atoms with Gasteiger partial charge in [-0.25, -0.2) is 8.78 Å². The Hall–Kier alpha value is -3.72. The smallest absolute Gasteiger partial charge is 0.333 e. The van der Waals surface area contributed by atoms with E-state index in [1.54, 1.807) is 13.8 Å². The van der Waals surface area contributed by atoms with Crippen LogP contribution < -0.4 is 5.32 Å². The normalized spacial score (nSPS) is 18.3. The number of benzene rings is 2. The number of alkyl halides is 3. The zero-order chi connectivity index (χ0) is 32.1. The lowest BCUT2D eigenvalue weighted by molar-refractivity contribution is -0.137. The van der Waals surface area contributed by atoms with Gasteiger partial charge in [-0.1, -0.05) is 69.2 Å². The number of carbonyl (C=O) groups is 2. The van der Waals surface area contributed by atoms with Crippen molar-refractivity contribution >= 4 is 34.7 Å². The Balaban J connectivity index is 2.11. The molecule has 1 aliphatic heterocycles. The minimum atomic E-state index is -4.66. The highest BCUT2D eigenvalue weighted by atomic mass is 35.5. The summed E-state index contributed by atoms with van der Waals surface area (Å²) in [5, 5.41) is 2.80. The summed E-state index contributed by atoms with van der Waals surface area (Å²) in [5.74, 6) is -3.66. The van der Waals surface area contributed by atoms with Crippen molar-refractivity contribution in [2.45, 2.75) is 59.7 Å². The molecule has 0 radical (unpaired) electrons. The van der Waals surface area contributed by atoms with Crippen molar-refractivity contribution in [1.29, 1.82) is 0 Å². The number of rotatable bonds is 10. The van der Waals surface area contributed by atoms with Crippen molar-refractivity contribution in [2.75, 3.05) is 11.9 Å². The summed E-state index contributed by atoms with van der Waals surface area (Å²) < 4.78 is 69.5. The van der Waals surface area contributed by atoms with Crippen molar-refractivity contribution < 1.29 is 31.5 Å². The van der Waals surface area contributed by atoms with Crippen molar-refractivity contribution in [3.05, 3.63) is 106 Å². The van der Waals surface area contributed by atoms with Gasteiger partial charge in [0.05, 0.1) is 5.56 Å². The summed E-state index contributed by atoms with van der Waals surface area (Å²) in [6, 6.07) is 6.53. The number of halogens is 6. The first-order valence-corrected chi connectivity index (χ1v) is 14.2. The highest BCUT2D eigenvalue weighted by Crippen LogP contribution is 2.41. The molecule has 2 aromatic rings. The number of nitrogens with one attached hydrogen (secondary N) is 1. The molecular formula is C33H34ClF5N2O2. The Morgan fingerprint density at radius 2 is 1.91 bits per heavy atom. The van der Waals surface area contributed by atoms with E-state index in [-0.39, 0.29) is 46.1 Å². The van der Waals surface area contributed by atoms with Crippen molar-refractivity contribution in [1.82, 2.24) is 4.90 Å². The minimum absolute atomic E-state index is 0.0209. The molecule has 1 aliphatic rings. The van der Waals surface area contributed by atoms with E-state index < -0.39 is 40.6 Å². The fourth-order valence-corrected chi connectivity index (χ4v) is 5.23. The van der Waals surface area contributed by atoms with Gasteiger partial charge in [-0.3, -0.25) is 9.59 Å². The molecule has 1 unspecified atom stereocenters. The molecule has 1 atom stereocenters. The van der Waals surface area contributed by atoms with Crippen LogP contribution in [0.5, 0.6) is 0 Å². The van der Waals surface area contributed by atoms with Gasteiger partial charge in [0, 0.05) is 40.4 Å². The SMILES string of the molecule is C=C/C(Cl)=C\C(=C/C)c1cc(C(F)(F)F)ccc1NC(=O)C1=C(C)C(C)(CCCC)CN(Cc2cccc(F)c2F)C1=O. The molecule has 43 heavy (non-hydrogen) atoms. The fraction of sp³-hybridized carbons (Fsp3) is 0.333. The molecule has 0 saturated carbocycles. The molecular weight excluding hydrogens is 587 g/mol. The highest BCUT2D eigenvalue weighted by Gasteiger charge is 2.42. The number of nitrogens with zero attached hydrogens (tertiary/aromatic N) is 1. The predicted molar refractivity (Wildman–Crippen MR) is 160 cm³/mol. The maximum atomic E-state index is 14.6. The molecule has 1 N–H and O–H groups in total. The number of unbranched alkanes of at least 4 members (excludes halogenated alkanes) is 1. The lowest BCUT2D eigenvalue weighted by atomic mass is 9.73. The van der Waals surface area contributed by atoms with Gasteiger partial charge in [0.25, 0.3) is 11.8 Å². The first kappa shape index (κ1) is 33.8. The van der Waals surface area contributed by atoms with E-state index in [1.807, 2.05) is 13.8 Å². The standard InChI is InChI=1S/C33H34ClF5N2O2/c1-6-9-15-32(5)19-41(18-22-11-10-12-26(35)29(22)36)31(43)28(20(32)4)30(42)40-27-14-13-23(33(37,38)39)17-25(27)21(7-2)16-24(34)8-3/h7-8,10-14,16-17H,3,6,9,15,18-19H2,1-2,4-5H3,(H,40,42)/b21-7+,24-16+. The van der Waals surface area contributed by atoms with Crippen molar-refractivity contribution in [3.8, 4) is 0 Å². The number of anilines is 1. The topological polar surface area (TPSA) is 49.4 Å². The largest absolute Gasteiger partial charge is 0.416 e. The zero-order valence-electron chi connectivity index (χ0n) is 24.5. The van der Waals surface area contributed by atoms with Crippen LogP contribution in [0, 0.1) is 17.0 Å². The summed E-state index contributed by atoms with van der Waals surface area (Å²) in [6.45, 7) is 10.6. The Morgan fingerprint density at radius 1 is 1.21 bits per heavy atom. The van der Waals surface area contributed by atoms with Crippen LogP contribution in [0.1, 0.15) is 63.6 Å². The number of hydrogen-bond acceptors (Lipinski definition) is 2. The van der Waals surface area contributed by atoms with Gasteiger partial charge in [-0.15, -0.1) is 0 Å². The van der Waals surface area contributed by atoms with Crippen LogP contribution in [0.15, 0.2) is 77.4 Å². The Bertz CT molecular complexity index is 1510. The van der Waals surface area contributed by atoms with E-state index in [0.717, 1.165) is 37.1 Å². The van der Waals surface area contributed by atoms with Gasteiger partial charge in [0.2, 0.25) is 0 Å². The van der Waals surface area contributed by atoms with Gasteiger partial charge >= 0.3 is 6.18 Å². The lowest BCUT2D eigenvalue weighted by Crippen LogP contribution is -2.48. The average molecular weight is 621 g/mol. The van der Waals surface area contributed by atoms with Crippen LogP contribution in [-0.4, -0.2) is 23.3 Å². The summed E-state index contributed by atoms with van der Waals surface area (Å²) in [5.41, 5.74) is -1.02. The lowest BCUT2D eigenvalue weighted by Gasteiger charge is -2.42. The molecule has 1 heterocycles. The quantitative estimate of drug-likeness (QED) is 0.164.